The molecular formula is C29H19N. The van der Waals surface area contributed by atoms with Crippen LogP contribution in [0.3, 0.4) is 0 Å². The van der Waals surface area contributed by atoms with Crippen LogP contribution < -0.4 is 4.90 Å². The molecule has 0 saturated carbocycles. The summed E-state index contributed by atoms with van der Waals surface area (Å²) in [5.41, 5.74) is 6.44. The largest absolute Gasteiger partial charge is 0.309 e. The van der Waals surface area contributed by atoms with Crippen molar-refractivity contribution in [3.8, 4) is 0 Å². The quantitative estimate of drug-likeness (QED) is 0.266. The first-order valence-electron chi connectivity index (χ1n) is 10.5. The number of anilines is 2. The number of nitrogens with zero attached hydrogens (tertiary/aromatic N) is 1. The molecular weight excluding hydrogens is 362 g/mol. The average molecular weight is 381 g/mol. The molecule has 1 aliphatic heterocycles. The van der Waals surface area contributed by atoms with Gasteiger partial charge in [-0.2, -0.15) is 0 Å². The predicted molar refractivity (Wildman–Crippen MR) is 129 cm³/mol. The van der Waals surface area contributed by atoms with Gasteiger partial charge in [-0.15, -0.1) is 0 Å². The van der Waals surface area contributed by atoms with Crippen LogP contribution in [0.5, 0.6) is 0 Å². The van der Waals surface area contributed by atoms with Gasteiger partial charge in [0.2, 0.25) is 0 Å². The van der Waals surface area contributed by atoms with Gasteiger partial charge in [-0.1, -0.05) is 78.9 Å². The number of allylic oxidation sites excluding steroid dienone is 4. The molecule has 0 atom stereocenters. The molecule has 140 valence electrons. The van der Waals surface area contributed by atoms with Crippen molar-refractivity contribution < 1.29 is 0 Å². The monoisotopic (exact) mass is 381 g/mol. The summed E-state index contributed by atoms with van der Waals surface area (Å²) < 4.78 is 0. The van der Waals surface area contributed by atoms with Crippen LogP contribution in [-0.4, -0.2) is 0 Å². The second kappa shape index (κ2) is 5.84. The molecule has 0 unspecified atom stereocenters. The van der Waals surface area contributed by atoms with E-state index < -0.39 is 0 Å². The second-order valence-corrected chi connectivity index (χ2v) is 8.19. The fourth-order valence-electron chi connectivity index (χ4n) is 5.22. The summed E-state index contributed by atoms with van der Waals surface area (Å²) in [6.45, 7) is 0. The van der Waals surface area contributed by atoms with E-state index in [1.807, 2.05) is 0 Å². The van der Waals surface area contributed by atoms with E-state index in [1.54, 1.807) is 0 Å². The highest BCUT2D eigenvalue weighted by Crippen LogP contribution is 2.47. The van der Waals surface area contributed by atoms with Crippen molar-refractivity contribution in [2.24, 2.45) is 0 Å². The maximum atomic E-state index is 2.46. The molecule has 0 amide bonds. The lowest BCUT2D eigenvalue weighted by molar-refractivity contribution is 1.09. The molecule has 1 nitrogen and oxygen atoms in total. The SMILES string of the molecule is C1=CCC2=Cc3ccccc3N(c3ccc4ccc5cccc6ccc3c4c56)C2=C1. The summed E-state index contributed by atoms with van der Waals surface area (Å²) in [6.07, 6.45) is 10.00. The van der Waals surface area contributed by atoms with Crippen molar-refractivity contribution in [3.63, 3.8) is 0 Å². The van der Waals surface area contributed by atoms with Crippen molar-refractivity contribution >= 4 is 49.8 Å². The van der Waals surface area contributed by atoms with E-state index in [4.69, 9.17) is 0 Å². The van der Waals surface area contributed by atoms with Crippen LogP contribution in [0.4, 0.5) is 11.4 Å². The molecule has 0 saturated heterocycles. The van der Waals surface area contributed by atoms with Crippen LogP contribution in [0.2, 0.25) is 0 Å². The highest BCUT2D eigenvalue weighted by molar-refractivity contribution is 6.25. The third-order valence-electron chi connectivity index (χ3n) is 6.55. The lowest BCUT2D eigenvalue weighted by Gasteiger charge is -2.35. The zero-order valence-corrected chi connectivity index (χ0v) is 16.5. The summed E-state index contributed by atoms with van der Waals surface area (Å²) >= 11 is 0. The topological polar surface area (TPSA) is 3.24 Å². The first-order chi connectivity index (χ1) is 14.9. The minimum atomic E-state index is 0.975. The average Bonchev–Trinajstić information content (AvgIpc) is 2.81. The Morgan fingerprint density at radius 1 is 0.633 bits per heavy atom. The van der Waals surface area contributed by atoms with Crippen LogP contribution >= 0.6 is 0 Å². The minimum Gasteiger partial charge on any atom is -0.309 e. The second-order valence-electron chi connectivity index (χ2n) is 8.19. The van der Waals surface area contributed by atoms with E-state index >= 15 is 0 Å². The maximum absolute atomic E-state index is 2.46. The first kappa shape index (κ1) is 16.0. The number of hydrogen-bond donors (Lipinski definition) is 0. The summed E-state index contributed by atoms with van der Waals surface area (Å²) in [5.74, 6) is 0. The van der Waals surface area contributed by atoms with Gasteiger partial charge in [-0.25, -0.2) is 0 Å². The Bertz CT molecular complexity index is 1550. The van der Waals surface area contributed by atoms with Crippen molar-refractivity contribution in [2.75, 3.05) is 4.90 Å². The van der Waals surface area contributed by atoms with E-state index in [-0.39, 0.29) is 0 Å². The zero-order valence-electron chi connectivity index (χ0n) is 16.5. The van der Waals surface area contributed by atoms with Gasteiger partial charge >= 0.3 is 0 Å². The van der Waals surface area contributed by atoms with Crippen LogP contribution in [-0.2, 0) is 0 Å². The van der Waals surface area contributed by atoms with Crippen molar-refractivity contribution in [2.45, 2.75) is 6.42 Å². The molecule has 0 bridgehead atoms. The van der Waals surface area contributed by atoms with Gasteiger partial charge in [0.1, 0.15) is 0 Å². The van der Waals surface area contributed by atoms with E-state index in [9.17, 15) is 0 Å². The normalized spacial score (nSPS) is 15.4. The Hall–Kier alpha value is -3.84. The molecule has 0 N–H and O–H groups in total. The summed E-state index contributed by atoms with van der Waals surface area (Å²) in [4.78, 5) is 2.46. The van der Waals surface area contributed by atoms with Gasteiger partial charge in [0.25, 0.3) is 0 Å². The van der Waals surface area contributed by atoms with Crippen LogP contribution in [0.25, 0.3) is 38.4 Å². The smallest absolute Gasteiger partial charge is 0.0541 e. The number of fused-ring (bicyclic) bond motifs is 2. The fourth-order valence-corrected chi connectivity index (χ4v) is 5.22. The van der Waals surface area contributed by atoms with Gasteiger partial charge in [0.15, 0.2) is 0 Å². The van der Waals surface area contributed by atoms with Gasteiger partial charge in [-0.3, -0.25) is 0 Å². The highest BCUT2D eigenvalue weighted by atomic mass is 15.2. The number of rotatable bonds is 1. The molecule has 0 aromatic heterocycles. The van der Waals surface area contributed by atoms with Crippen LogP contribution in [0.15, 0.2) is 108 Å². The summed E-state index contributed by atoms with van der Waals surface area (Å²) in [5, 5.41) is 7.96. The lowest BCUT2D eigenvalue weighted by Crippen LogP contribution is -2.22. The zero-order chi connectivity index (χ0) is 19.7. The fraction of sp³-hybridized carbons (Fsp3) is 0.0345. The number of para-hydroxylation sites is 1. The van der Waals surface area contributed by atoms with Gasteiger partial charge in [0, 0.05) is 11.1 Å². The van der Waals surface area contributed by atoms with Crippen LogP contribution in [0, 0.1) is 0 Å². The lowest BCUT2D eigenvalue weighted by atomic mass is 9.90. The minimum absolute atomic E-state index is 0.975. The molecule has 30 heavy (non-hydrogen) atoms. The number of benzene rings is 5. The summed E-state index contributed by atoms with van der Waals surface area (Å²) in [6, 6.07) is 29.0. The van der Waals surface area contributed by atoms with Gasteiger partial charge < -0.3 is 4.90 Å². The molecule has 0 radical (unpaired) electrons. The molecule has 7 rings (SSSR count). The van der Waals surface area contributed by atoms with Crippen molar-refractivity contribution in [1.82, 2.24) is 0 Å². The highest BCUT2D eigenvalue weighted by Gasteiger charge is 2.26. The standard InChI is InChI=1S/C29H19N/c1-3-10-25-22(6-1)18-23-7-2-4-11-26(23)30(25)27-17-15-21-13-12-19-8-5-9-20-14-16-24(27)29(21)28(19)20/h1-6,8-18H,7H2. The first-order valence-corrected chi connectivity index (χ1v) is 10.5. The molecule has 1 heterocycles. The van der Waals surface area contributed by atoms with E-state index in [0.717, 1.165) is 6.42 Å². The van der Waals surface area contributed by atoms with E-state index in [2.05, 4.69) is 108 Å². The Morgan fingerprint density at radius 3 is 2.30 bits per heavy atom. The Kier molecular flexibility index (Phi) is 3.12. The predicted octanol–water partition coefficient (Wildman–Crippen LogP) is 7.96. The molecule has 0 fully saturated rings. The molecule has 0 spiro atoms. The molecule has 5 aromatic rings. The van der Waals surface area contributed by atoms with Crippen LogP contribution in [0.1, 0.15) is 12.0 Å². The van der Waals surface area contributed by atoms with Crippen molar-refractivity contribution in [3.05, 3.63) is 114 Å². The molecule has 1 aliphatic carbocycles. The number of hydrogen-bond acceptors (Lipinski definition) is 1. The molecule has 1 heteroatoms. The van der Waals surface area contributed by atoms with Gasteiger partial charge in [-0.05, 0) is 68.8 Å². The Balaban J connectivity index is 1.61. The maximum Gasteiger partial charge on any atom is 0.0541 e. The molecule has 5 aromatic carbocycles. The van der Waals surface area contributed by atoms with E-state index in [1.165, 1.54) is 60.5 Å². The third kappa shape index (κ3) is 2.07. The summed E-state index contributed by atoms with van der Waals surface area (Å²) in [7, 11) is 0. The Morgan fingerprint density at radius 2 is 1.40 bits per heavy atom. The van der Waals surface area contributed by atoms with Gasteiger partial charge in [0.05, 0.1) is 11.4 Å². The van der Waals surface area contributed by atoms with Crippen molar-refractivity contribution in [1.29, 1.82) is 0 Å². The van der Waals surface area contributed by atoms with E-state index in [0.29, 0.717) is 0 Å². The molecule has 2 aliphatic rings. The third-order valence-corrected chi connectivity index (χ3v) is 6.55. The Labute approximate surface area is 175 Å².